The van der Waals surface area contributed by atoms with E-state index >= 15 is 0 Å². The van der Waals surface area contributed by atoms with Crippen LogP contribution in [0.25, 0.3) is 0 Å². The van der Waals surface area contributed by atoms with Crippen molar-refractivity contribution in [2.24, 2.45) is 0 Å². The summed E-state index contributed by atoms with van der Waals surface area (Å²) in [4.78, 5) is 0. The molecule has 1 rings (SSSR count). The van der Waals surface area contributed by atoms with Crippen LogP contribution in [0.1, 0.15) is 45.1 Å². The normalized spacial score (nSPS) is 10.8. The molecule has 0 fully saturated rings. The Kier molecular flexibility index (Phi) is 5.30. The molecule has 0 spiro atoms. The van der Waals surface area contributed by atoms with Crippen LogP contribution in [-0.2, 0) is 0 Å². The number of anilines is 1. The van der Waals surface area contributed by atoms with E-state index < -0.39 is 0 Å². The van der Waals surface area contributed by atoms with Gasteiger partial charge >= 0.3 is 0 Å². The zero-order chi connectivity index (χ0) is 12.0. The molecule has 0 saturated carbocycles. The molecule has 0 aliphatic rings. The Morgan fingerprint density at radius 2 is 1.75 bits per heavy atom. The fourth-order valence-electron chi connectivity index (χ4n) is 2.04. The van der Waals surface area contributed by atoms with E-state index in [9.17, 15) is 4.39 Å². The zero-order valence-electron chi connectivity index (χ0n) is 10.5. The van der Waals surface area contributed by atoms with Gasteiger partial charge in [-0.3, -0.25) is 0 Å². The van der Waals surface area contributed by atoms with E-state index in [1.54, 1.807) is 12.1 Å². The first-order valence-corrected chi connectivity index (χ1v) is 6.19. The molecule has 16 heavy (non-hydrogen) atoms. The number of hydrogen-bond acceptors (Lipinski definition) is 1. The van der Waals surface area contributed by atoms with Gasteiger partial charge in [-0.05, 0) is 43.5 Å². The SMILES string of the molecule is CCCC(CCC)Nc1cc(C)cc(F)c1. The molecule has 0 aliphatic carbocycles. The molecule has 0 unspecified atom stereocenters. The van der Waals surface area contributed by atoms with Crippen molar-refractivity contribution in [2.75, 3.05) is 5.32 Å². The predicted molar refractivity (Wildman–Crippen MR) is 68.4 cm³/mol. The minimum atomic E-state index is -0.158. The van der Waals surface area contributed by atoms with Crippen molar-refractivity contribution in [3.8, 4) is 0 Å². The monoisotopic (exact) mass is 223 g/mol. The molecule has 2 heteroatoms. The van der Waals surface area contributed by atoms with Crippen molar-refractivity contribution < 1.29 is 4.39 Å². The Bertz CT molecular complexity index is 296. The third-order valence-electron chi connectivity index (χ3n) is 2.69. The number of nitrogens with one attached hydrogen (secondary N) is 1. The number of halogens is 1. The summed E-state index contributed by atoms with van der Waals surface area (Å²) in [5, 5.41) is 3.42. The van der Waals surface area contributed by atoms with Crippen LogP contribution in [0.5, 0.6) is 0 Å². The van der Waals surface area contributed by atoms with E-state index in [-0.39, 0.29) is 5.82 Å². The molecule has 0 radical (unpaired) electrons. The van der Waals surface area contributed by atoms with E-state index in [2.05, 4.69) is 19.2 Å². The van der Waals surface area contributed by atoms with Crippen LogP contribution in [0.2, 0.25) is 0 Å². The van der Waals surface area contributed by atoms with Crippen molar-refractivity contribution >= 4 is 5.69 Å². The second-order valence-corrected chi connectivity index (χ2v) is 4.44. The highest BCUT2D eigenvalue weighted by Crippen LogP contribution is 2.17. The molecule has 0 saturated heterocycles. The topological polar surface area (TPSA) is 12.0 Å². The number of hydrogen-bond donors (Lipinski definition) is 1. The van der Waals surface area contributed by atoms with Crippen LogP contribution < -0.4 is 5.32 Å². The number of rotatable bonds is 6. The summed E-state index contributed by atoms with van der Waals surface area (Å²) in [6.45, 7) is 6.28. The molecule has 1 nitrogen and oxygen atoms in total. The van der Waals surface area contributed by atoms with Gasteiger partial charge < -0.3 is 5.32 Å². The molecule has 90 valence electrons. The van der Waals surface area contributed by atoms with Gasteiger partial charge in [-0.1, -0.05) is 26.7 Å². The average molecular weight is 223 g/mol. The van der Waals surface area contributed by atoms with Gasteiger partial charge in [0.05, 0.1) is 0 Å². The third-order valence-corrected chi connectivity index (χ3v) is 2.69. The third kappa shape index (κ3) is 4.21. The van der Waals surface area contributed by atoms with E-state index in [4.69, 9.17) is 0 Å². The van der Waals surface area contributed by atoms with Crippen LogP contribution >= 0.6 is 0 Å². The smallest absolute Gasteiger partial charge is 0.125 e. The minimum absolute atomic E-state index is 0.158. The lowest BCUT2D eigenvalue weighted by molar-refractivity contribution is 0.584. The van der Waals surface area contributed by atoms with Gasteiger partial charge in [0.1, 0.15) is 5.82 Å². The van der Waals surface area contributed by atoms with Crippen molar-refractivity contribution in [1.29, 1.82) is 0 Å². The quantitative estimate of drug-likeness (QED) is 0.748. The number of benzene rings is 1. The Morgan fingerprint density at radius 3 is 2.25 bits per heavy atom. The first-order valence-electron chi connectivity index (χ1n) is 6.19. The van der Waals surface area contributed by atoms with E-state index in [1.807, 2.05) is 13.0 Å². The predicted octanol–water partition coefficient (Wildman–Crippen LogP) is 4.51. The minimum Gasteiger partial charge on any atom is -0.382 e. The Labute approximate surface area is 98.1 Å². The largest absolute Gasteiger partial charge is 0.382 e. The molecular formula is C14H22FN. The second-order valence-electron chi connectivity index (χ2n) is 4.44. The summed E-state index contributed by atoms with van der Waals surface area (Å²) in [6, 6.07) is 5.60. The summed E-state index contributed by atoms with van der Waals surface area (Å²) in [5.41, 5.74) is 1.87. The maximum atomic E-state index is 13.2. The Balaban J connectivity index is 2.68. The average Bonchev–Trinajstić information content (AvgIpc) is 2.16. The van der Waals surface area contributed by atoms with Gasteiger partial charge in [0.25, 0.3) is 0 Å². The van der Waals surface area contributed by atoms with Gasteiger partial charge in [0.2, 0.25) is 0 Å². The molecule has 0 atom stereocenters. The second kappa shape index (κ2) is 6.51. The van der Waals surface area contributed by atoms with Crippen LogP contribution in [0.15, 0.2) is 18.2 Å². The van der Waals surface area contributed by atoms with Gasteiger partial charge in [0.15, 0.2) is 0 Å². The summed E-state index contributed by atoms with van der Waals surface area (Å²) >= 11 is 0. The maximum Gasteiger partial charge on any atom is 0.125 e. The zero-order valence-corrected chi connectivity index (χ0v) is 10.5. The van der Waals surface area contributed by atoms with Gasteiger partial charge in [-0.25, -0.2) is 4.39 Å². The fraction of sp³-hybridized carbons (Fsp3) is 0.571. The van der Waals surface area contributed by atoms with Gasteiger partial charge in [0, 0.05) is 11.7 Å². The molecule has 0 amide bonds. The molecule has 0 aliphatic heterocycles. The van der Waals surface area contributed by atoms with Crippen LogP contribution in [0.4, 0.5) is 10.1 Å². The lowest BCUT2D eigenvalue weighted by Crippen LogP contribution is -2.19. The van der Waals surface area contributed by atoms with E-state index in [1.165, 1.54) is 0 Å². The molecule has 1 aromatic rings. The highest BCUT2D eigenvalue weighted by molar-refractivity contribution is 5.46. The van der Waals surface area contributed by atoms with Gasteiger partial charge in [-0.15, -0.1) is 0 Å². The van der Waals surface area contributed by atoms with Crippen LogP contribution in [0.3, 0.4) is 0 Å². The van der Waals surface area contributed by atoms with Crippen LogP contribution in [0, 0.1) is 12.7 Å². The highest BCUT2D eigenvalue weighted by atomic mass is 19.1. The van der Waals surface area contributed by atoms with E-state index in [0.29, 0.717) is 6.04 Å². The standard InChI is InChI=1S/C14H22FN/c1-4-6-13(7-5-2)16-14-9-11(3)8-12(15)10-14/h8-10,13,16H,4-7H2,1-3H3. The molecular weight excluding hydrogens is 201 g/mol. The Hall–Kier alpha value is -1.05. The van der Waals surface area contributed by atoms with Gasteiger partial charge in [-0.2, -0.15) is 0 Å². The molecule has 0 bridgehead atoms. The first-order chi connectivity index (χ1) is 7.65. The fourth-order valence-corrected chi connectivity index (χ4v) is 2.04. The van der Waals surface area contributed by atoms with Crippen molar-refractivity contribution in [2.45, 2.75) is 52.5 Å². The molecule has 1 N–H and O–H groups in total. The maximum absolute atomic E-state index is 13.2. The molecule has 0 aromatic heterocycles. The van der Waals surface area contributed by atoms with Crippen molar-refractivity contribution in [3.63, 3.8) is 0 Å². The lowest BCUT2D eigenvalue weighted by atomic mass is 10.1. The summed E-state index contributed by atoms with van der Waals surface area (Å²) in [7, 11) is 0. The first kappa shape index (κ1) is 13.0. The van der Waals surface area contributed by atoms with Crippen molar-refractivity contribution in [1.82, 2.24) is 0 Å². The highest BCUT2D eigenvalue weighted by Gasteiger charge is 2.07. The molecule has 0 heterocycles. The summed E-state index contributed by atoms with van der Waals surface area (Å²) < 4.78 is 13.2. The summed E-state index contributed by atoms with van der Waals surface area (Å²) in [6.07, 6.45) is 4.60. The van der Waals surface area contributed by atoms with E-state index in [0.717, 1.165) is 36.9 Å². The summed E-state index contributed by atoms with van der Waals surface area (Å²) in [5.74, 6) is -0.158. The van der Waals surface area contributed by atoms with Crippen LogP contribution in [-0.4, -0.2) is 6.04 Å². The Morgan fingerprint density at radius 1 is 1.12 bits per heavy atom. The molecule has 1 aromatic carbocycles. The van der Waals surface area contributed by atoms with Crippen molar-refractivity contribution in [3.05, 3.63) is 29.6 Å². The number of aryl methyl sites for hydroxylation is 1. The lowest BCUT2D eigenvalue weighted by Gasteiger charge is -2.19.